The van der Waals surface area contributed by atoms with E-state index in [0.29, 0.717) is 0 Å². The Morgan fingerprint density at radius 3 is 1.59 bits per heavy atom. The lowest BCUT2D eigenvalue weighted by Gasteiger charge is -2.19. The molecule has 0 saturated heterocycles. The molecule has 4 nitrogen and oxygen atoms in total. The van der Waals surface area contributed by atoms with E-state index in [9.17, 15) is 0 Å². The van der Waals surface area contributed by atoms with E-state index in [2.05, 4.69) is 64.9 Å². The largest absolute Gasteiger partial charge is 0.276 e. The van der Waals surface area contributed by atoms with Gasteiger partial charge in [0, 0.05) is 31.4 Å². The Hall–Kier alpha value is -1.58. The lowest BCUT2D eigenvalue weighted by Crippen LogP contribution is -2.17. The predicted octanol–water partition coefficient (Wildman–Crippen LogP) is 4.38. The number of aromatic nitrogens is 4. The second kappa shape index (κ2) is 7.12. The van der Waals surface area contributed by atoms with E-state index in [4.69, 9.17) is 0 Å². The van der Waals surface area contributed by atoms with Gasteiger partial charge in [0.25, 0.3) is 0 Å². The third-order valence-corrected chi connectivity index (χ3v) is 3.40. The maximum atomic E-state index is 4.20. The van der Waals surface area contributed by atoms with Gasteiger partial charge in [-0.3, -0.25) is 9.36 Å². The van der Waals surface area contributed by atoms with E-state index in [1.165, 1.54) is 16.8 Å². The second-order valence-corrected chi connectivity index (χ2v) is 7.70. The Labute approximate surface area is 136 Å². The fourth-order valence-electron chi connectivity index (χ4n) is 2.43. The zero-order chi connectivity index (χ0) is 16.4. The second-order valence-electron chi connectivity index (χ2n) is 7.70. The molecule has 0 saturated carbocycles. The molecule has 0 aliphatic heterocycles. The molecule has 0 aliphatic carbocycles. The summed E-state index contributed by atoms with van der Waals surface area (Å²) in [7, 11) is 3.93. The standard InChI is InChI=1S/C9H16N2.C8H14N2.CH4/c1-7-6-10-11(5)8(7)9(2,3)4;1-8(2,3)7-5-9-10(4)6-7;/h6H,1-5H3;5-6H,1-4H3;1H4. The van der Waals surface area contributed by atoms with Crippen molar-refractivity contribution in [1.29, 1.82) is 0 Å². The predicted molar refractivity (Wildman–Crippen MR) is 95.3 cm³/mol. The molecule has 22 heavy (non-hydrogen) atoms. The molecule has 2 aromatic rings. The number of nitrogens with zero attached hydrogens (tertiary/aromatic N) is 4. The van der Waals surface area contributed by atoms with Gasteiger partial charge in [-0.1, -0.05) is 49.0 Å². The Morgan fingerprint density at radius 1 is 0.864 bits per heavy atom. The van der Waals surface area contributed by atoms with Crippen LogP contribution in [0.15, 0.2) is 18.6 Å². The first-order valence-electron chi connectivity index (χ1n) is 7.41. The molecule has 0 amide bonds. The first-order valence-corrected chi connectivity index (χ1v) is 7.41. The highest BCUT2D eigenvalue weighted by Crippen LogP contribution is 2.24. The van der Waals surface area contributed by atoms with Gasteiger partial charge in [0.05, 0.1) is 12.4 Å². The highest BCUT2D eigenvalue weighted by molar-refractivity contribution is 5.22. The van der Waals surface area contributed by atoms with Crippen molar-refractivity contribution in [2.45, 2.75) is 66.7 Å². The van der Waals surface area contributed by atoms with Crippen molar-refractivity contribution in [2.75, 3.05) is 0 Å². The molecule has 2 heterocycles. The van der Waals surface area contributed by atoms with Gasteiger partial charge >= 0.3 is 0 Å². The molecule has 0 fully saturated rings. The molecule has 0 aliphatic rings. The third kappa shape index (κ3) is 5.32. The molecule has 0 unspecified atom stereocenters. The van der Waals surface area contributed by atoms with Crippen LogP contribution in [0.25, 0.3) is 0 Å². The van der Waals surface area contributed by atoms with Crippen LogP contribution in [0.2, 0.25) is 0 Å². The smallest absolute Gasteiger partial charge is 0.0526 e. The van der Waals surface area contributed by atoms with E-state index >= 15 is 0 Å². The first-order chi connectivity index (χ1) is 9.43. The van der Waals surface area contributed by atoms with Crippen molar-refractivity contribution in [3.63, 3.8) is 0 Å². The van der Waals surface area contributed by atoms with Gasteiger partial charge in [-0.25, -0.2) is 0 Å². The minimum Gasteiger partial charge on any atom is -0.276 e. The Balaban J connectivity index is 0.000000385. The zero-order valence-electron chi connectivity index (χ0n) is 15.0. The summed E-state index contributed by atoms with van der Waals surface area (Å²) in [4.78, 5) is 0. The highest BCUT2D eigenvalue weighted by Gasteiger charge is 2.19. The fourth-order valence-corrected chi connectivity index (χ4v) is 2.43. The molecule has 0 bridgehead atoms. The summed E-state index contributed by atoms with van der Waals surface area (Å²) in [6.45, 7) is 15.3. The van der Waals surface area contributed by atoms with Crippen molar-refractivity contribution >= 4 is 0 Å². The summed E-state index contributed by atoms with van der Waals surface area (Å²) in [5.74, 6) is 0. The normalized spacial score (nSPS) is 11.5. The quantitative estimate of drug-likeness (QED) is 0.724. The molecule has 2 rings (SSSR count). The van der Waals surface area contributed by atoms with E-state index in [1.54, 1.807) is 0 Å². The lowest BCUT2D eigenvalue weighted by molar-refractivity contribution is 0.520. The van der Waals surface area contributed by atoms with E-state index in [-0.39, 0.29) is 18.3 Å². The van der Waals surface area contributed by atoms with Gasteiger partial charge in [0.2, 0.25) is 0 Å². The molecule has 0 radical (unpaired) electrons. The van der Waals surface area contributed by atoms with E-state index in [0.717, 1.165) is 0 Å². The summed E-state index contributed by atoms with van der Waals surface area (Å²) in [5.41, 5.74) is 4.32. The van der Waals surface area contributed by atoms with Crippen LogP contribution in [-0.4, -0.2) is 19.6 Å². The molecular weight excluding hydrogens is 272 g/mol. The molecule has 0 atom stereocenters. The molecule has 0 spiro atoms. The molecule has 4 heteroatoms. The third-order valence-electron chi connectivity index (χ3n) is 3.40. The number of aryl methyl sites for hydroxylation is 3. The van der Waals surface area contributed by atoms with Crippen LogP contribution in [0.1, 0.15) is 65.8 Å². The van der Waals surface area contributed by atoms with Gasteiger partial charge < -0.3 is 0 Å². The van der Waals surface area contributed by atoms with Crippen molar-refractivity contribution < 1.29 is 0 Å². The number of rotatable bonds is 0. The monoisotopic (exact) mass is 306 g/mol. The van der Waals surface area contributed by atoms with Crippen LogP contribution >= 0.6 is 0 Å². The van der Waals surface area contributed by atoms with Crippen LogP contribution in [0.3, 0.4) is 0 Å². The van der Waals surface area contributed by atoms with Gasteiger partial charge in [-0.15, -0.1) is 0 Å². The van der Waals surface area contributed by atoms with Crippen molar-refractivity contribution in [3.05, 3.63) is 35.4 Å². The summed E-state index contributed by atoms with van der Waals surface area (Å²) in [6, 6.07) is 0. The Bertz CT molecular complexity index is 557. The highest BCUT2D eigenvalue weighted by atomic mass is 15.3. The van der Waals surface area contributed by atoms with Gasteiger partial charge in [-0.05, 0) is 23.5 Å². The van der Waals surface area contributed by atoms with Crippen LogP contribution in [0.4, 0.5) is 0 Å². The average molecular weight is 306 g/mol. The van der Waals surface area contributed by atoms with Crippen LogP contribution in [0.5, 0.6) is 0 Å². The van der Waals surface area contributed by atoms with Crippen LogP contribution in [0, 0.1) is 6.92 Å². The Kier molecular flexibility index (Phi) is 6.61. The topological polar surface area (TPSA) is 35.6 Å². The van der Waals surface area contributed by atoms with Gasteiger partial charge in [-0.2, -0.15) is 10.2 Å². The minimum atomic E-state index is 0. The maximum Gasteiger partial charge on any atom is 0.0526 e. The number of hydrogen-bond donors (Lipinski definition) is 0. The van der Waals surface area contributed by atoms with Crippen molar-refractivity contribution in [2.24, 2.45) is 14.1 Å². The average Bonchev–Trinajstić information content (AvgIpc) is 2.84. The summed E-state index contributed by atoms with van der Waals surface area (Å²) in [5, 5.41) is 8.30. The van der Waals surface area contributed by atoms with Gasteiger partial charge in [0.1, 0.15) is 0 Å². The fraction of sp³-hybridized carbons (Fsp3) is 0.667. The molecule has 2 aromatic heterocycles. The maximum absolute atomic E-state index is 4.20. The first kappa shape index (κ1) is 20.4. The lowest BCUT2D eigenvalue weighted by atomic mass is 9.90. The zero-order valence-corrected chi connectivity index (χ0v) is 15.0. The van der Waals surface area contributed by atoms with E-state index < -0.39 is 0 Å². The minimum absolute atomic E-state index is 0. The summed E-state index contributed by atoms with van der Waals surface area (Å²) < 4.78 is 3.79. The Morgan fingerprint density at radius 2 is 1.41 bits per heavy atom. The van der Waals surface area contributed by atoms with Crippen LogP contribution in [-0.2, 0) is 24.9 Å². The van der Waals surface area contributed by atoms with Gasteiger partial charge in [0.15, 0.2) is 0 Å². The van der Waals surface area contributed by atoms with Crippen molar-refractivity contribution in [1.82, 2.24) is 19.6 Å². The summed E-state index contributed by atoms with van der Waals surface area (Å²) in [6.07, 6.45) is 5.89. The SMILES string of the molecule is C.Cc1cnn(C)c1C(C)(C)C.Cn1cc(C(C)(C)C)cn1. The molecule has 126 valence electrons. The number of hydrogen-bond acceptors (Lipinski definition) is 2. The van der Waals surface area contributed by atoms with E-state index in [1.807, 2.05) is 35.9 Å². The summed E-state index contributed by atoms with van der Waals surface area (Å²) >= 11 is 0. The molecule has 0 aromatic carbocycles. The molecule has 0 N–H and O–H groups in total. The molecular formula is C18H34N4. The van der Waals surface area contributed by atoms with Crippen LogP contribution < -0.4 is 0 Å². The van der Waals surface area contributed by atoms with Crippen molar-refractivity contribution in [3.8, 4) is 0 Å².